The third kappa shape index (κ3) is 5.24. The molecule has 0 aliphatic rings. The second-order valence-electron chi connectivity index (χ2n) is 4.74. The molecule has 1 aromatic heterocycles. The number of benzene rings is 1. The minimum absolute atomic E-state index is 0.190. The zero-order valence-electron chi connectivity index (χ0n) is 13.5. The lowest BCUT2D eigenvalue weighted by molar-refractivity contribution is 0.0520. The normalized spacial score (nSPS) is 10.1. The summed E-state index contributed by atoms with van der Waals surface area (Å²) >= 11 is 1.17. The lowest BCUT2D eigenvalue weighted by atomic mass is 10.1. The molecule has 1 heterocycles. The van der Waals surface area contributed by atoms with Crippen LogP contribution in [0.15, 0.2) is 29.6 Å². The first-order valence-electron chi connectivity index (χ1n) is 7.42. The fourth-order valence-electron chi connectivity index (χ4n) is 1.88. The third-order valence-electron chi connectivity index (χ3n) is 3.07. The van der Waals surface area contributed by atoms with Crippen molar-refractivity contribution in [3.63, 3.8) is 0 Å². The van der Waals surface area contributed by atoms with Crippen molar-refractivity contribution in [2.75, 3.05) is 25.6 Å². The van der Waals surface area contributed by atoms with Crippen LogP contribution in [0.1, 0.15) is 23.0 Å². The molecule has 0 unspecified atom stereocenters. The molecule has 0 bridgehead atoms. The van der Waals surface area contributed by atoms with Crippen LogP contribution < -0.4 is 15.4 Å². The number of carbonyl (C=O) groups is 2. The van der Waals surface area contributed by atoms with E-state index in [2.05, 4.69) is 15.6 Å². The van der Waals surface area contributed by atoms with Gasteiger partial charge in [-0.25, -0.2) is 14.6 Å². The summed E-state index contributed by atoms with van der Waals surface area (Å²) in [5.74, 6) is 0.298. The van der Waals surface area contributed by atoms with Gasteiger partial charge in [0.2, 0.25) is 0 Å². The molecule has 2 aromatic rings. The number of hydrogen-bond donors (Lipinski definition) is 2. The van der Waals surface area contributed by atoms with E-state index in [-0.39, 0.29) is 18.3 Å². The monoisotopic (exact) mass is 349 g/mol. The van der Waals surface area contributed by atoms with E-state index in [1.165, 1.54) is 11.3 Å². The van der Waals surface area contributed by atoms with Crippen LogP contribution in [0.5, 0.6) is 5.75 Å². The van der Waals surface area contributed by atoms with E-state index >= 15 is 0 Å². The molecule has 2 rings (SSSR count). The topological polar surface area (TPSA) is 89.5 Å². The summed E-state index contributed by atoms with van der Waals surface area (Å²) in [6, 6.07) is 7.28. The predicted molar refractivity (Wildman–Crippen MR) is 91.8 cm³/mol. The Morgan fingerprint density at radius 3 is 2.67 bits per heavy atom. The van der Waals surface area contributed by atoms with Crippen molar-refractivity contribution in [3.05, 3.63) is 40.9 Å². The minimum atomic E-state index is -0.498. The first-order valence-corrected chi connectivity index (χ1v) is 8.30. The zero-order chi connectivity index (χ0) is 17.4. The molecule has 0 aliphatic carbocycles. The van der Waals surface area contributed by atoms with Gasteiger partial charge in [-0.15, -0.1) is 11.3 Å². The number of esters is 1. The molecule has 0 spiro atoms. The highest BCUT2D eigenvalue weighted by molar-refractivity contribution is 7.14. The van der Waals surface area contributed by atoms with Gasteiger partial charge in [0.05, 0.1) is 13.7 Å². The Labute approximate surface area is 144 Å². The lowest BCUT2D eigenvalue weighted by Crippen LogP contribution is -2.30. The first-order chi connectivity index (χ1) is 11.6. The van der Waals surface area contributed by atoms with Gasteiger partial charge in [0, 0.05) is 11.9 Å². The molecule has 0 radical (unpaired) electrons. The fraction of sp³-hybridized carbons (Fsp3) is 0.312. The molecule has 24 heavy (non-hydrogen) atoms. The predicted octanol–water partition coefficient (Wildman–Crippen LogP) is 2.69. The van der Waals surface area contributed by atoms with Crippen molar-refractivity contribution >= 4 is 28.5 Å². The number of nitrogens with zero attached hydrogens (tertiary/aromatic N) is 1. The number of aromatic nitrogens is 1. The molecule has 0 atom stereocenters. The zero-order valence-corrected chi connectivity index (χ0v) is 14.3. The maximum Gasteiger partial charge on any atom is 0.357 e. The van der Waals surface area contributed by atoms with Crippen molar-refractivity contribution in [2.45, 2.75) is 13.3 Å². The summed E-state index contributed by atoms with van der Waals surface area (Å²) in [6.45, 7) is 2.49. The smallest absolute Gasteiger partial charge is 0.357 e. The van der Waals surface area contributed by atoms with Crippen molar-refractivity contribution in [2.24, 2.45) is 0 Å². The summed E-state index contributed by atoms with van der Waals surface area (Å²) in [4.78, 5) is 27.3. The summed E-state index contributed by atoms with van der Waals surface area (Å²) in [6.07, 6.45) is 0.698. The molecule has 128 valence electrons. The van der Waals surface area contributed by atoms with Gasteiger partial charge in [0.1, 0.15) is 5.75 Å². The highest BCUT2D eigenvalue weighted by Crippen LogP contribution is 2.16. The van der Waals surface area contributed by atoms with E-state index in [0.29, 0.717) is 18.1 Å². The number of ether oxygens (including phenoxy) is 2. The molecule has 1 aromatic carbocycles. The Balaban J connectivity index is 1.75. The number of rotatable bonds is 7. The second kappa shape index (κ2) is 8.88. The highest BCUT2D eigenvalue weighted by atomic mass is 32.1. The van der Waals surface area contributed by atoms with Gasteiger partial charge in [0.15, 0.2) is 10.8 Å². The Morgan fingerprint density at radius 1 is 1.25 bits per heavy atom. The van der Waals surface area contributed by atoms with E-state index < -0.39 is 5.97 Å². The molecule has 0 aliphatic heterocycles. The number of hydrogen-bond acceptors (Lipinski definition) is 6. The number of carbonyl (C=O) groups excluding carboxylic acids is 2. The van der Waals surface area contributed by atoms with Crippen LogP contribution in [-0.2, 0) is 11.2 Å². The Hall–Kier alpha value is -2.61. The van der Waals surface area contributed by atoms with Crippen LogP contribution in [0, 0.1) is 0 Å². The summed E-state index contributed by atoms with van der Waals surface area (Å²) in [5.41, 5.74) is 1.28. The number of methoxy groups -OCH3 is 1. The van der Waals surface area contributed by atoms with Gasteiger partial charge < -0.3 is 14.8 Å². The number of thiazole rings is 1. The van der Waals surface area contributed by atoms with Gasteiger partial charge in [-0.05, 0) is 31.0 Å². The summed E-state index contributed by atoms with van der Waals surface area (Å²) in [7, 11) is 1.62. The lowest BCUT2D eigenvalue weighted by Gasteiger charge is -2.06. The van der Waals surface area contributed by atoms with Crippen molar-refractivity contribution in [1.29, 1.82) is 0 Å². The van der Waals surface area contributed by atoms with E-state index in [0.717, 1.165) is 11.3 Å². The van der Waals surface area contributed by atoms with Gasteiger partial charge in [-0.2, -0.15) is 0 Å². The standard InChI is InChI=1S/C16H19N3O4S/c1-3-23-14(20)13-10-24-16(18-13)19-15(21)17-9-8-11-4-6-12(22-2)7-5-11/h4-7,10H,3,8-9H2,1-2H3,(H2,17,18,19,21). The Morgan fingerprint density at radius 2 is 2.00 bits per heavy atom. The molecule has 0 saturated heterocycles. The van der Waals surface area contributed by atoms with Gasteiger partial charge in [0.25, 0.3) is 0 Å². The van der Waals surface area contributed by atoms with Gasteiger partial charge >= 0.3 is 12.0 Å². The van der Waals surface area contributed by atoms with E-state index in [1.807, 2.05) is 24.3 Å². The maximum absolute atomic E-state index is 11.8. The Bertz CT molecular complexity index is 685. The Kier molecular flexibility index (Phi) is 6.56. The van der Waals surface area contributed by atoms with Crippen LogP contribution in [0.25, 0.3) is 0 Å². The van der Waals surface area contributed by atoms with Gasteiger partial charge in [-0.1, -0.05) is 12.1 Å². The van der Waals surface area contributed by atoms with Crippen LogP contribution in [0.2, 0.25) is 0 Å². The van der Waals surface area contributed by atoms with Crippen LogP contribution in [-0.4, -0.2) is 37.2 Å². The molecule has 2 N–H and O–H groups in total. The van der Waals surface area contributed by atoms with Crippen molar-refractivity contribution < 1.29 is 19.1 Å². The molecular weight excluding hydrogens is 330 g/mol. The molecule has 0 saturated carbocycles. The molecular formula is C16H19N3O4S. The highest BCUT2D eigenvalue weighted by Gasteiger charge is 2.12. The molecule has 0 fully saturated rings. The summed E-state index contributed by atoms with van der Waals surface area (Å²) in [5, 5.41) is 7.23. The van der Waals surface area contributed by atoms with E-state index in [1.54, 1.807) is 19.4 Å². The minimum Gasteiger partial charge on any atom is -0.497 e. The second-order valence-corrected chi connectivity index (χ2v) is 5.60. The maximum atomic E-state index is 11.8. The quantitative estimate of drug-likeness (QED) is 0.750. The molecule has 7 nitrogen and oxygen atoms in total. The third-order valence-corrected chi connectivity index (χ3v) is 3.83. The average Bonchev–Trinajstić information content (AvgIpc) is 3.04. The largest absolute Gasteiger partial charge is 0.497 e. The SMILES string of the molecule is CCOC(=O)c1csc(NC(=O)NCCc2ccc(OC)cc2)n1. The average molecular weight is 349 g/mol. The van der Waals surface area contributed by atoms with Crippen LogP contribution in [0.3, 0.4) is 0 Å². The fourth-order valence-corrected chi connectivity index (χ4v) is 2.56. The number of urea groups is 1. The number of amides is 2. The van der Waals surface area contributed by atoms with E-state index in [4.69, 9.17) is 9.47 Å². The molecule has 2 amide bonds. The van der Waals surface area contributed by atoms with E-state index in [9.17, 15) is 9.59 Å². The first kappa shape index (κ1) is 17.7. The van der Waals surface area contributed by atoms with Crippen molar-refractivity contribution in [1.82, 2.24) is 10.3 Å². The number of nitrogens with one attached hydrogen (secondary N) is 2. The van der Waals surface area contributed by atoms with Crippen molar-refractivity contribution in [3.8, 4) is 5.75 Å². The summed E-state index contributed by atoms with van der Waals surface area (Å²) < 4.78 is 9.94. The molecule has 8 heteroatoms. The number of anilines is 1. The van der Waals surface area contributed by atoms with Crippen LogP contribution in [0.4, 0.5) is 9.93 Å². The van der Waals surface area contributed by atoms with Gasteiger partial charge in [-0.3, -0.25) is 5.32 Å². The van der Waals surface area contributed by atoms with Crippen LogP contribution >= 0.6 is 11.3 Å².